The Labute approximate surface area is 120 Å². The molecule has 0 saturated carbocycles. The minimum Gasteiger partial charge on any atom is -0.337 e. The Bertz CT molecular complexity index is 585. The molecule has 1 heterocycles. The van der Waals surface area contributed by atoms with Crippen LogP contribution in [0.3, 0.4) is 0 Å². The van der Waals surface area contributed by atoms with Gasteiger partial charge in [-0.1, -0.05) is 18.2 Å². The molecule has 20 heavy (non-hydrogen) atoms. The lowest BCUT2D eigenvalue weighted by Gasteiger charge is -2.36. The standard InChI is InChI=1S/C18H22N2/c1-3-15-4-2-6-17-12-14(11-16(5-1)18(15)17)7-9-20-10-8-19-13-20/h1,3,5,8,10,13-14,17H,2,4,6-7,9,11-12H2/t14-,17+/m1/s1. The van der Waals surface area contributed by atoms with E-state index in [2.05, 4.69) is 33.9 Å². The number of aryl methyl sites for hydroxylation is 2. The highest BCUT2D eigenvalue weighted by molar-refractivity contribution is 5.41. The zero-order valence-electron chi connectivity index (χ0n) is 12.0. The SMILES string of the molecule is c1cc2c3c(c1)C[C@@H](CCn1ccnc1)C[C@@H]3CCC2. The molecule has 104 valence electrons. The molecular weight excluding hydrogens is 244 g/mol. The summed E-state index contributed by atoms with van der Waals surface area (Å²) in [7, 11) is 0. The molecule has 2 aliphatic carbocycles. The molecule has 2 aromatic rings. The van der Waals surface area contributed by atoms with Crippen LogP contribution in [0.2, 0.25) is 0 Å². The van der Waals surface area contributed by atoms with E-state index in [1.165, 1.54) is 38.5 Å². The monoisotopic (exact) mass is 266 g/mol. The van der Waals surface area contributed by atoms with Crippen LogP contribution in [0.15, 0.2) is 36.9 Å². The zero-order chi connectivity index (χ0) is 13.4. The van der Waals surface area contributed by atoms with Gasteiger partial charge in [0, 0.05) is 18.9 Å². The Kier molecular flexibility index (Phi) is 3.10. The van der Waals surface area contributed by atoms with Gasteiger partial charge in [-0.2, -0.15) is 0 Å². The van der Waals surface area contributed by atoms with Crippen molar-refractivity contribution in [2.24, 2.45) is 5.92 Å². The van der Waals surface area contributed by atoms with Gasteiger partial charge < -0.3 is 4.57 Å². The molecule has 0 bridgehead atoms. The van der Waals surface area contributed by atoms with Crippen LogP contribution >= 0.6 is 0 Å². The topological polar surface area (TPSA) is 17.8 Å². The van der Waals surface area contributed by atoms with E-state index < -0.39 is 0 Å². The van der Waals surface area contributed by atoms with E-state index in [1.807, 2.05) is 12.5 Å². The third-order valence-electron chi connectivity index (χ3n) is 5.17. The molecule has 1 aromatic carbocycles. The molecule has 0 spiro atoms. The molecule has 0 unspecified atom stereocenters. The van der Waals surface area contributed by atoms with Crippen LogP contribution in [0.4, 0.5) is 0 Å². The Hall–Kier alpha value is -1.57. The third kappa shape index (κ3) is 2.17. The van der Waals surface area contributed by atoms with Crippen molar-refractivity contribution in [1.82, 2.24) is 9.55 Å². The van der Waals surface area contributed by atoms with E-state index in [4.69, 9.17) is 0 Å². The van der Waals surface area contributed by atoms with Crippen LogP contribution in [0.25, 0.3) is 0 Å². The first kappa shape index (κ1) is 12.2. The zero-order valence-corrected chi connectivity index (χ0v) is 12.0. The molecule has 0 radical (unpaired) electrons. The Morgan fingerprint density at radius 2 is 2.20 bits per heavy atom. The van der Waals surface area contributed by atoms with Crippen molar-refractivity contribution in [2.75, 3.05) is 0 Å². The summed E-state index contributed by atoms with van der Waals surface area (Å²) in [4.78, 5) is 4.14. The fraction of sp³-hybridized carbons (Fsp3) is 0.500. The first-order valence-electron chi connectivity index (χ1n) is 7.96. The van der Waals surface area contributed by atoms with Gasteiger partial charge in [0.25, 0.3) is 0 Å². The second kappa shape index (κ2) is 5.08. The highest BCUT2D eigenvalue weighted by Gasteiger charge is 2.30. The van der Waals surface area contributed by atoms with Gasteiger partial charge in [-0.3, -0.25) is 0 Å². The molecule has 4 rings (SSSR count). The maximum absolute atomic E-state index is 4.14. The molecule has 0 fully saturated rings. The van der Waals surface area contributed by atoms with Gasteiger partial charge in [0.05, 0.1) is 6.33 Å². The highest BCUT2D eigenvalue weighted by atomic mass is 15.0. The van der Waals surface area contributed by atoms with Crippen molar-refractivity contribution in [2.45, 2.75) is 51.0 Å². The minimum absolute atomic E-state index is 0.844. The molecule has 2 nitrogen and oxygen atoms in total. The van der Waals surface area contributed by atoms with E-state index in [0.29, 0.717) is 0 Å². The first-order valence-corrected chi connectivity index (χ1v) is 7.96. The summed E-state index contributed by atoms with van der Waals surface area (Å²) in [6, 6.07) is 7.01. The van der Waals surface area contributed by atoms with Crippen LogP contribution in [0, 0.1) is 5.92 Å². The minimum atomic E-state index is 0.844. The number of imidazole rings is 1. The lowest BCUT2D eigenvalue weighted by molar-refractivity contribution is 0.338. The Balaban J connectivity index is 1.52. The van der Waals surface area contributed by atoms with Crippen molar-refractivity contribution in [1.29, 1.82) is 0 Å². The Morgan fingerprint density at radius 1 is 1.25 bits per heavy atom. The smallest absolute Gasteiger partial charge is 0.0945 e. The summed E-state index contributed by atoms with van der Waals surface area (Å²) >= 11 is 0. The predicted molar refractivity (Wildman–Crippen MR) is 80.8 cm³/mol. The Morgan fingerprint density at radius 3 is 3.10 bits per heavy atom. The number of hydrogen-bond acceptors (Lipinski definition) is 1. The van der Waals surface area contributed by atoms with Crippen LogP contribution in [-0.2, 0) is 19.4 Å². The average Bonchev–Trinajstić information content (AvgIpc) is 2.99. The van der Waals surface area contributed by atoms with Gasteiger partial charge in [-0.05, 0) is 67.1 Å². The second-order valence-electron chi connectivity index (χ2n) is 6.47. The van der Waals surface area contributed by atoms with Crippen molar-refractivity contribution in [3.63, 3.8) is 0 Å². The van der Waals surface area contributed by atoms with Gasteiger partial charge in [-0.15, -0.1) is 0 Å². The molecule has 0 N–H and O–H groups in total. The molecule has 2 aliphatic rings. The van der Waals surface area contributed by atoms with Crippen molar-refractivity contribution < 1.29 is 0 Å². The second-order valence-corrected chi connectivity index (χ2v) is 6.47. The largest absolute Gasteiger partial charge is 0.337 e. The van der Waals surface area contributed by atoms with E-state index in [9.17, 15) is 0 Å². The number of rotatable bonds is 3. The lowest BCUT2D eigenvalue weighted by Crippen LogP contribution is -2.24. The van der Waals surface area contributed by atoms with Gasteiger partial charge in [0.1, 0.15) is 0 Å². The maximum atomic E-state index is 4.14. The highest BCUT2D eigenvalue weighted by Crippen LogP contribution is 2.43. The molecule has 1 aromatic heterocycles. The molecule has 0 amide bonds. The molecule has 2 heteroatoms. The fourth-order valence-corrected chi connectivity index (χ4v) is 4.27. The van der Waals surface area contributed by atoms with E-state index in [-0.39, 0.29) is 0 Å². The molecule has 0 saturated heterocycles. The molecule has 0 aliphatic heterocycles. The predicted octanol–water partition coefficient (Wildman–Crippen LogP) is 3.96. The van der Waals surface area contributed by atoms with Gasteiger partial charge in [0.2, 0.25) is 0 Å². The summed E-state index contributed by atoms with van der Waals surface area (Å²) in [5.74, 6) is 1.69. The van der Waals surface area contributed by atoms with E-state index in [1.54, 1.807) is 16.7 Å². The number of hydrogen-bond donors (Lipinski definition) is 0. The van der Waals surface area contributed by atoms with Crippen molar-refractivity contribution in [3.8, 4) is 0 Å². The first-order chi connectivity index (χ1) is 9.90. The number of nitrogens with zero attached hydrogens (tertiary/aromatic N) is 2. The van der Waals surface area contributed by atoms with Crippen LogP contribution in [0.1, 0.15) is 48.3 Å². The van der Waals surface area contributed by atoms with Crippen molar-refractivity contribution in [3.05, 3.63) is 53.6 Å². The molecule has 2 atom stereocenters. The third-order valence-corrected chi connectivity index (χ3v) is 5.17. The summed E-state index contributed by atoms with van der Waals surface area (Å²) in [6.07, 6.45) is 14.0. The average molecular weight is 266 g/mol. The van der Waals surface area contributed by atoms with Crippen LogP contribution < -0.4 is 0 Å². The summed E-state index contributed by atoms with van der Waals surface area (Å²) < 4.78 is 2.22. The fourth-order valence-electron chi connectivity index (χ4n) is 4.27. The van der Waals surface area contributed by atoms with Gasteiger partial charge in [0.15, 0.2) is 0 Å². The normalized spacial score (nSPS) is 24.4. The number of benzene rings is 1. The summed E-state index contributed by atoms with van der Waals surface area (Å²) in [6.45, 7) is 1.12. The summed E-state index contributed by atoms with van der Waals surface area (Å²) in [5.41, 5.74) is 5.03. The lowest BCUT2D eigenvalue weighted by atomic mass is 9.69. The molecular formula is C18H22N2. The maximum Gasteiger partial charge on any atom is 0.0945 e. The van der Waals surface area contributed by atoms with Crippen LogP contribution in [-0.4, -0.2) is 9.55 Å². The van der Waals surface area contributed by atoms with Gasteiger partial charge in [-0.25, -0.2) is 4.98 Å². The number of aromatic nitrogens is 2. The van der Waals surface area contributed by atoms with Crippen LogP contribution in [0.5, 0.6) is 0 Å². The van der Waals surface area contributed by atoms with E-state index in [0.717, 1.165) is 18.4 Å². The van der Waals surface area contributed by atoms with Gasteiger partial charge >= 0.3 is 0 Å². The van der Waals surface area contributed by atoms with E-state index >= 15 is 0 Å². The quantitative estimate of drug-likeness (QED) is 0.822. The van der Waals surface area contributed by atoms with Crippen molar-refractivity contribution >= 4 is 0 Å². The summed E-state index contributed by atoms with van der Waals surface area (Å²) in [5, 5.41) is 0.